The molecule has 2 rings (SSSR count). The maximum atomic E-state index is 12.2. The zero-order valence-electron chi connectivity index (χ0n) is 15.1. The van der Waals surface area contributed by atoms with E-state index in [-0.39, 0.29) is 17.4 Å². The summed E-state index contributed by atoms with van der Waals surface area (Å²) in [5.41, 5.74) is 1.74. The van der Waals surface area contributed by atoms with Crippen molar-refractivity contribution in [3.63, 3.8) is 0 Å². The quantitative estimate of drug-likeness (QED) is 0.795. The number of hydrogen-bond donors (Lipinski definition) is 1. The largest absolute Gasteiger partial charge is 0.396 e. The molecule has 0 spiro atoms. The molecular weight excluding hydrogens is 272 g/mol. The molecule has 0 aromatic heterocycles. The molecule has 1 saturated carbocycles. The molecule has 0 radical (unpaired) electrons. The van der Waals surface area contributed by atoms with Crippen molar-refractivity contribution in [3.8, 4) is 0 Å². The SMILES string of the molecule is CC1=CC(=O)C[C@H]2[C@](C)(CC[C@@H](C)CCO)[C@@H](C)CC[C@]12C. The van der Waals surface area contributed by atoms with Gasteiger partial charge in [0, 0.05) is 13.0 Å². The Balaban J connectivity index is 2.24. The van der Waals surface area contributed by atoms with Crippen LogP contribution in [-0.2, 0) is 4.79 Å². The number of carbonyl (C=O) groups excluding carboxylic acids is 1. The van der Waals surface area contributed by atoms with Gasteiger partial charge in [0.1, 0.15) is 0 Å². The Hall–Kier alpha value is -0.630. The molecular formula is C20H34O2. The van der Waals surface area contributed by atoms with E-state index in [0.29, 0.717) is 23.5 Å². The first-order chi connectivity index (χ1) is 10.2. The van der Waals surface area contributed by atoms with E-state index in [4.69, 9.17) is 5.11 Å². The fourth-order valence-corrected chi connectivity index (χ4v) is 5.03. The Labute approximate surface area is 136 Å². The predicted octanol–water partition coefficient (Wildman–Crippen LogP) is 4.76. The number of rotatable bonds is 5. The molecule has 0 aromatic rings. The highest BCUT2D eigenvalue weighted by molar-refractivity contribution is 5.92. The molecule has 5 atom stereocenters. The summed E-state index contributed by atoms with van der Waals surface area (Å²) in [4.78, 5) is 12.2. The van der Waals surface area contributed by atoms with Crippen molar-refractivity contribution in [3.05, 3.63) is 11.6 Å². The molecule has 0 unspecified atom stereocenters. The van der Waals surface area contributed by atoms with Crippen molar-refractivity contribution in [1.82, 2.24) is 0 Å². The van der Waals surface area contributed by atoms with Gasteiger partial charge in [-0.05, 0) is 67.3 Å². The van der Waals surface area contributed by atoms with E-state index >= 15 is 0 Å². The third kappa shape index (κ3) is 3.04. The highest BCUT2D eigenvalue weighted by Gasteiger charge is 2.54. The summed E-state index contributed by atoms with van der Waals surface area (Å²) >= 11 is 0. The van der Waals surface area contributed by atoms with Crippen LogP contribution >= 0.6 is 0 Å². The second-order valence-electron chi connectivity index (χ2n) is 8.57. The summed E-state index contributed by atoms with van der Waals surface area (Å²) in [5.74, 6) is 2.04. The Morgan fingerprint density at radius 2 is 2.05 bits per heavy atom. The van der Waals surface area contributed by atoms with Crippen LogP contribution in [0.2, 0.25) is 0 Å². The highest BCUT2D eigenvalue weighted by atomic mass is 16.3. The van der Waals surface area contributed by atoms with Gasteiger partial charge in [-0.1, -0.05) is 39.7 Å². The first-order valence-electron chi connectivity index (χ1n) is 9.06. The summed E-state index contributed by atoms with van der Waals surface area (Å²) < 4.78 is 0. The topological polar surface area (TPSA) is 37.3 Å². The van der Waals surface area contributed by atoms with Gasteiger partial charge in [-0.2, -0.15) is 0 Å². The Kier molecular flexibility index (Phi) is 5.21. The normalized spacial score (nSPS) is 40.1. The van der Waals surface area contributed by atoms with Gasteiger partial charge >= 0.3 is 0 Å². The van der Waals surface area contributed by atoms with Crippen LogP contribution < -0.4 is 0 Å². The second kappa shape index (κ2) is 6.47. The summed E-state index contributed by atoms with van der Waals surface area (Å²) in [7, 11) is 0. The lowest BCUT2D eigenvalue weighted by Gasteiger charge is -2.57. The van der Waals surface area contributed by atoms with Crippen molar-refractivity contribution in [2.75, 3.05) is 6.61 Å². The Morgan fingerprint density at radius 1 is 1.36 bits per heavy atom. The summed E-state index contributed by atoms with van der Waals surface area (Å²) in [5, 5.41) is 9.14. The molecule has 22 heavy (non-hydrogen) atoms. The first-order valence-corrected chi connectivity index (χ1v) is 9.06. The average molecular weight is 306 g/mol. The van der Waals surface area contributed by atoms with Crippen LogP contribution in [0.1, 0.15) is 73.1 Å². The van der Waals surface area contributed by atoms with Crippen molar-refractivity contribution >= 4 is 5.78 Å². The van der Waals surface area contributed by atoms with E-state index in [1.165, 1.54) is 24.8 Å². The van der Waals surface area contributed by atoms with Crippen molar-refractivity contribution in [2.45, 2.75) is 73.1 Å². The molecule has 0 saturated heterocycles. The van der Waals surface area contributed by atoms with Crippen LogP contribution in [0.15, 0.2) is 11.6 Å². The molecule has 2 aliphatic rings. The highest BCUT2D eigenvalue weighted by Crippen LogP contribution is 2.61. The van der Waals surface area contributed by atoms with Gasteiger partial charge < -0.3 is 5.11 Å². The molecule has 126 valence electrons. The fraction of sp³-hybridized carbons (Fsp3) is 0.850. The van der Waals surface area contributed by atoms with Crippen LogP contribution in [0.25, 0.3) is 0 Å². The summed E-state index contributed by atoms with van der Waals surface area (Å²) in [6.07, 6.45) is 8.34. The van der Waals surface area contributed by atoms with Crippen LogP contribution in [0.3, 0.4) is 0 Å². The predicted molar refractivity (Wildman–Crippen MR) is 91.6 cm³/mol. The van der Waals surface area contributed by atoms with E-state index in [1.54, 1.807) is 0 Å². The van der Waals surface area contributed by atoms with E-state index in [0.717, 1.165) is 19.3 Å². The Morgan fingerprint density at radius 3 is 2.68 bits per heavy atom. The summed E-state index contributed by atoms with van der Waals surface area (Å²) in [6.45, 7) is 11.9. The number of allylic oxidation sites excluding steroid dienone is 2. The number of ketones is 1. The molecule has 2 heteroatoms. The monoisotopic (exact) mass is 306 g/mol. The van der Waals surface area contributed by atoms with Crippen LogP contribution in [-0.4, -0.2) is 17.5 Å². The van der Waals surface area contributed by atoms with E-state index in [1.807, 2.05) is 6.08 Å². The third-order valence-corrected chi connectivity index (χ3v) is 7.27. The molecule has 1 N–H and O–H groups in total. The van der Waals surface area contributed by atoms with Gasteiger partial charge in [-0.15, -0.1) is 0 Å². The molecule has 2 nitrogen and oxygen atoms in total. The maximum absolute atomic E-state index is 12.2. The molecule has 0 bridgehead atoms. The van der Waals surface area contributed by atoms with Gasteiger partial charge in [0.05, 0.1) is 0 Å². The van der Waals surface area contributed by atoms with Crippen LogP contribution in [0, 0.1) is 28.6 Å². The Bertz CT molecular complexity index is 453. The van der Waals surface area contributed by atoms with Gasteiger partial charge in [-0.3, -0.25) is 4.79 Å². The van der Waals surface area contributed by atoms with Crippen molar-refractivity contribution < 1.29 is 9.90 Å². The van der Waals surface area contributed by atoms with Crippen LogP contribution in [0.4, 0.5) is 0 Å². The van der Waals surface area contributed by atoms with E-state index in [2.05, 4.69) is 34.6 Å². The standard InChI is InChI=1S/C20H34O2/c1-14(8-11-21)6-9-19(4)15(2)7-10-20(5)16(3)12-17(22)13-18(19)20/h12,14-15,18,21H,6-11,13H2,1-5H3/t14-,15+,18+,19-,20-/m1/s1. The minimum atomic E-state index is 0.204. The van der Waals surface area contributed by atoms with E-state index in [9.17, 15) is 4.79 Å². The molecule has 0 heterocycles. The average Bonchev–Trinajstić information content (AvgIpc) is 2.45. The lowest BCUT2D eigenvalue weighted by molar-refractivity contribution is -0.123. The zero-order chi connectivity index (χ0) is 16.5. The number of aliphatic hydroxyl groups is 1. The van der Waals surface area contributed by atoms with Gasteiger partial charge in [0.25, 0.3) is 0 Å². The van der Waals surface area contributed by atoms with Crippen molar-refractivity contribution in [2.24, 2.45) is 28.6 Å². The van der Waals surface area contributed by atoms with Crippen molar-refractivity contribution in [1.29, 1.82) is 0 Å². The summed E-state index contributed by atoms with van der Waals surface area (Å²) in [6, 6.07) is 0. The maximum Gasteiger partial charge on any atom is 0.155 e. The minimum Gasteiger partial charge on any atom is -0.396 e. The molecule has 0 aromatic carbocycles. The smallest absolute Gasteiger partial charge is 0.155 e. The van der Waals surface area contributed by atoms with Gasteiger partial charge in [-0.25, -0.2) is 0 Å². The molecule has 0 aliphatic heterocycles. The number of fused-ring (bicyclic) bond motifs is 1. The molecule has 0 amide bonds. The van der Waals surface area contributed by atoms with Gasteiger partial charge in [0.15, 0.2) is 5.78 Å². The lowest BCUT2D eigenvalue weighted by Crippen LogP contribution is -2.51. The fourth-order valence-electron chi connectivity index (χ4n) is 5.03. The third-order valence-electron chi connectivity index (χ3n) is 7.27. The lowest BCUT2D eigenvalue weighted by atomic mass is 9.46. The first kappa shape index (κ1) is 17.7. The number of aliphatic hydroxyl groups excluding tert-OH is 1. The van der Waals surface area contributed by atoms with Gasteiger partial charge in [0.2, 0.25) is 0 Å². The minimum absolute atomic E-state index is 0.204. The second-order valence-corrected chi connectivity index (χ2v) is 8.57. The zero-order valence-corrected chi connectivity index (χ0v) is 15.1. The van der Waals surface area contributed by atoms with Crippen LogP contribution in [0.5, 0.6) is 0 Å². The molecule has 1 fully saturated rings. The molecule has 2 aliphatic carbocycles. The van der Waals surface area contributed by atoms with E-state index < -0.39 is 0 Å². The number of carbonyl (C=O) groups is 1. The number of hydrogen-bond acceptors (Lipinski definition) is 2.